The maximum absolute atomic E-state index is 12.1. The molecule has 0 amide bonds. The molecule has 0 aliphatic carbocycles. The first-order chi connectivity index (χ1) is 17.3. The van der Waals surface area contributed by atoms with Crippen molar-refractivity contribution in [3.05, 3.63) is 75.9 Å². The summed E-state index contributed by atoms with van der Waals surface area (Å²) in [5.74, 6) is 2.08. The van der Waals surface area contributed by atoms with E-state index in [2.05, 4.69) is 47.3 Å². The Kier molecular flexibility index (Phi) is 8.04. The lowest BCUT2D eigenvalue weighted by Gasteiger charge is -2.18. The van der Waals surface area contributed by atoms with Gasteiger partial charge < -0.3 is 14.8 Å². The molecule has 1 aliphatic heterocycles. The molecular formula is C29H35N5O2. The molecule has 2 aromatic heterocycles. The minimum absolute atomic E-state index is 0.0448. The minimum atomic E-state index is -0.0448. The van der Waals surface area contributed by atoms with Crippen LogP contribution in [-0.4, -0.2) is 33.7 Å². The van der Waals surface area contributed by atoms with Crippen molar-refractivity contribution in [3.8, 4) is 5.88 Å². The largest absolute Gasteiger partial charge is 0.477 e. The van der Waals surface area contributed by atoms with Gasteiger partial charge in [0.25, 0.3) is 0 Å². The quantitative estimate of drug-likeness (QED) is 0.369. The van der Waals surface area contributed by atoms with Gasteiger partial charge in [-0.25, -0.2) is 14.5 Å². The van der Waals surface area contributed by atoms with Gasteiger partial charge in [-0.3, -0.25) is 0 Å². The highest BCUT2D eigenvalue weighted by Gasteiger charge is 2.20. The van der Waals surface area contributed by atoms with Crippen LogP contribution in [0.1, 0.15) is 73.5 Å². The van der Waals surface area contributed by atoms with E-state index in [0.29, 0.717) is 43.4 Å². The molecule has 3 aromatic rings. The molecule has 36 heavy (non-hydrogen) atoms. The van der Waals surface area contributed by atoms with Gasteiger partial charge in [0.05, 0.1) is 18.9 Å². The van der Waals surface area contributed by atoms with Gasteiger partial charge in [-0.15, -0.1) is 0 Å². The maximum Gasteiger partial charge on any atom is 0.211 e. The lowest BCUT2D eigenvalue weighted by atomic mass is 9.87. The molecule has 1 unspecified atom stereocenters. The molecule has 7 nitrogen and oxygen atoms in total. The van der Waals surface area contributed by atoms with E-state index in [4.69, 9.17) is 16.3 Å². The van der Waals surface area contributed by atoms with Gasteiger partial charge in [0.1, 0.15) is 11.6 Å². The van der Waals surface area contributed by atoms with Crippen LogP contribution in [0.15, 0.2) is 36.4 Å². The number of pyridine rings is 1. The summed E-state index contributed by atoms with van der Waals surface area (Å²) >= 11 is 0. The normalized spacial score (nSPS) is 13.6. The first-order valence-electron chi connectivity index (χ1n) is 12.7. The van der Waals surface area contributed by atoms with Crippen LogP contribution in [0.25, 0.3) is 4.85 Å². The zero-order valence-electron chi connectivity index (χ0n) is 21.7. The van der Waals surface area contributed by atoms with Gasteiger partial charge in [-0.1, -0.05) is 49.2 Å². The summed E-state index contributed by atoms with van der Waals surface area (Å²) in [4.78, 5) is 20.5. The predicted octanol–water partition coefficient (Wildman–Crippen LogP) is 5.77. The fourth-order valence-electron chi connectivity index (χ4n) is 4.71. The average molecular weight is 486 g/mol. The van der Waals surface area contributed by atoms with Crippen LogP contribution in [0.2, 0.25) is 0 Å². The van der Waals surface area contributed by atoms with Crippen molar-refractivity contribution in [2.45, 2.75) is 64.7 Å². The number of carbonyl (C=O) groups is 1. The highest BCUT2D eigenvalue weighted by Crippen LogP contribution is 2.32. The van der Waals surface area contributed by atoms with Crippen LogP contribution >= 0.6 is 0 Å². The summed E-state index contributed by atoms with van der Waals surface area (Å²) < 4.78 is 7.80. The van der Waals surface area contributed by atoms with Crippen molar-refractivity contribution in [3.63, 3.8) is 0 Å². The summed E-state index contributed by atoms with van der Waals surface area (Å²) in [5.41, 5.74) is 5.90. The Morgan fingerprint density at radius 3 is 2.75 bits per heavy atom. The van der Waals surface area contributed by atoms with E-state index in [1.807, 2.05) is 25.2 Å². The molecule has 1 aromatic carbocycles. The molecule has 0 bridgehead atoms. The fraction of sp³-hybridized carbons (Fsp3) is 0.448. The topological polar surface area (TPSA) is 73.4 Å². The summed E-state index contributed by atoms with van der Waals surface area (Å²) in [6.45, 7) is 14.8. The van der Waals surface area contributed by atoms with Gasteiger partial charge in [-0.2, -0.15) is 5.10 Å². The standard InChI is InChI=1S/C29H35N5O2/c1-19(2)22-14-24(16-26(15-22)30-4)23(13-20(3)35)17-27-18-28(34(5)33-27)36-12-10-25-9-8-21-7-6-11-31-29(21)32-25/h8-9,14-16,18-19,23H,6-7,10-13,17H2,1-3,5H3,(H,31,32). The van der Waals surface area contributed by atoms with Crippen LogP contribution in [0, 0.1) is 6.57 Å². The van der Waals surface area contributed by atoms with E-state index in [9.17, 15) is 4.79 Å². The van der Waals surface area contributed by atoms with E-state index < -0.39 is 0 Å². The van der Waals surface area contributed by atoms with E-state index in [1.165, 1.54) is 5.56 Å². The van der Waals surface area contributed by atoms with Crippen molar-refractivity contribution < 1.29 is 9.53 Å². The van der Waals surface area contributed by atoms with Crippen molar-refractivity contribution >= 4 is 17.3 Å². The van der Waals surface area contributed by atoms with Crippen molar-refractivity contribution in [1.29, 1.82) is 0 Å². The second-order valence-corrected chi connectivity index (χ2v) is 9.97. The lowest BCUT2D eigenvalue weighted by molar-refractivity contribution is -0.117. The second kappa shape index (κ2) is 11.4. The summed E-state index contributed by atoms with van der Waals surface area (Å²) in [6, 6.07) is 12.2. The van der Waals surface area contributed by atoms with E-state index in [0.717, 1.165) is 47.7 Å². The Hall–Kier alpha value is -3.66. The zero-order valence-corrected chi connectivity index (χ0v) is 21.7. The minimum Gasteiger partial charge on any atom is -0.477 e. The predicted molar refractivity (Wildman–Crippen MR) is 142 cm³/mol. The molecule has 0 fully saturated rings. The van der Waals surface area contributed by atoms with Gasteiger partial charge in [0.2, 0.25) is 5.88 Å². The Morgan fingerprint density at radius 2 is 2.00 bits per heavy atom. The van der Waals surface area contributed by atoms with Gasteiger partial charge in [0, 0.05) is 38.2 Å². The molecule has 1 N–H and O–H groups in total. The number of rotatable bonds is 10. The van der Waals surface area contributed by atoms with Crippen LogP contribution in [0.4, 0.5) is 11.5 Å². The van der Waals surface area contributed by atoms with Crippen LogP contribution in [0.3, 0.4) is 0 Å². The third-order valence-electron chi connectivity index (χ3n) is 6.67. The van der Waals surface area contributed by atoms with Gasteiger partial charge >= 0.3 is 0 Å². The molecule has 0 radical (unpaired) electrons. The number of Topliss-reactive ketones (excluding diaryl/α,β-unsaturated/α-hetero) is 1. The Labute approximate surface area is 213 Å². The molecule has 4 rings (SSSR count). The van der Waals surface area contributed by atoms with Crippen molar-refractivity contribution in [2.75, 3.05) is 18.5 Å². The monoisotopic (exact) mass is 485 g/mol. The fourth-order valence-corrected chi connectivity index (χ4v) is 4.71. The van der Waals surface area contributed by atoms with Crippen LogP contribution in [-0.2, 0) is 31.1 Å². The summed E-state index contributed by atoms with van der Waals surface area (Å²) in [5, 5.41) is 8.04. The molecular weight excluding hydrogens is 450 g/mol. The summed E-state index contributed by atoms with van der Waals surface area (Å²) in [7, 11) is 1.87. The van der Waals surface area contributed by atoms with E-state index in [1.54, 1.807) is 11.6 Å². The zero-order chi connectivity index (χ0) is 25.7. The van der Waals surface area contributed by atoms with E-state index in [-0.39, 0.29) is 11.7 Å². The number of benzene rings is 1. The molecule has 1 atom stereocenters. The SMILES string of the molecule is [C-]#[N+]c1cc(C(C)C)cc(C(CC(C)=O)Cc2cc(OCCc3ccc4c(n3)NCCC4)n(C)n2)c1. The third kappa shape index (κ3) is 6.31. The molecule has 0 spiro atoms. The number of carbonyl (C=O) groups excluding carboxylic acids is 1. The third-order valence-corrected chi connectivity index (χ3v) is 6.67. The van der Waals surface area contributed by atoms with Crippen molar-refractivity contribution in [2.24, 2.45) is 7.05 Å². The Balaban J connectivity index is 1.45. The Bertz CT molecular complexity index is 1270. The number of hydrogen-bond donors (Lipinski definition) is 1. The number of anilines is 1. The smallest absolute Gasteiger partial charge is 0.211 e. The van der Waals surface area contributed by atoms with Gasteiger partial charge in [-0.05, 0) is 49.7 Å². The molecule has 0 saturated heterocycles. The molecule has 7 heteroatoms. The molecule has 1 aliphatic rings. The average Bonchev–Trinajstić information content (AvgIpc) is 3.21. The number of aryl methyl sites for hydroxylation is 2. The van der Waals surface area contributed by atoms with Crippen LogP contribution < -0.4 is 10.1 Å². The second-order valence-electron chi connectivity index (χ2n) is 9.97. The highest BCUT2D eigenvalue weighted by atomic mass is 16.5. The van der Waals surface area contributed by atoms with Crippen LogP contribution in [0.5, 0.6) is 5.88 Å². The Morgan fingerprint density at radius 1 is 1.19 bits per heavy atom. The maximum atomic E-state index is 12.1. The first kappa shape index (κ1) is 25.4. The first-order valence-corrected chi connectivity index (χ1v) is 12.7. The molecule has 3 heterocycles. The number of hydrogen-bond acceptors (Lipinski definition) is 5. The van der Waals surface area contributed by atoms with Crippen molar-refractivity contribution in [1.82, 2.24) is 14.8 Å². The number of nitrogens with zero attached hydrogens (tertiary/aromatic N) is 4. The number of ether oxygens (including phenoxy) is 1. The molecule has 188 valence electrons. The number of ketones is 1. The number of nitrogens with one attached hydrogen (secondary N) is 1. The number of fused-ring (bicyclic) bond motifs is 1. The highest BCUT2D eigenvalue weighted by molar-refractivity contribution is 5.76. The molecule has 0 saturated carbocycles. The van der Waals surface area contributed by atoms with Gasteiger partial charge in [0.15, 0.2) is 5.69 Å². The summed E-state index contributed by atoms with van der Waals surface area (Å²) in [6.07, 6.45) is 3.95. The van der Waals surface area contributed by atoms with E-state index >= 15 is 0 Å². The lowest BCUT2D eigenvalue weighted by Crippen LogP contribution is -2.14. The number of aromatic nitrogens is 3.